The van der Waals surface area contributed by atoms with Crippen LogP contribution in [0.1, 0.15) is 11.3 Å². The van der Waals surface area contributed by atoms with Crippen LogP contribution < -0.4 is 4.74 Å². The maximum Gasteiger partial charge on any atom is 0.209 e. The van der Waals surface area contributed by atoms with Gasteiger partial charge in [-0.1, -0.05) is 36.4 Å². The van der Waals surface area contributed by atoms with Gasteiger partial charge < -0.3 is 4.74 Å². The Labute approximate surface area is 139 Å². The summed E-state index contributed by atoms with van der Waals surface area (Å²) < 4.78 is 31.0. The molecule has 0 aliphatic heterocycles. The van der Waals surface area contributed by atoms with E-state index in [2.05, 4.69) is 4.98 Å². The number of sulfone groups is 1. The van der Waals surface area contributed by atoms with Gasteiger partial charge in [-0.05, 0) is 25.1 Å². The minimum atomic E-state index is -3.48. The summed E-state index contributed by atoms with van der Waals surface area (Å²) in [6.45, 7) is 1.78. The minimum Gasteiger partial charge on any atom is -0.457 e. The molecule has 23 heavy (non-hydrogen) atoms. The molecule has 3 aromatic rings. The average molecular weight is 345 g/mol. The van der Waals surface area contributed by atoms with E-state index in [1.165, 1.54) is 0 Å². The van der Waals surface area contributed by atoms with Crippen molar-refractivity contribution >= 4 is 21.2 Å². The maximum absolute atomic E-state index is 12.5. The van der Waals surface area contributed by atoms with Gasteiger partial charge in [0.05, 0.1) is 5.75 Å². The van der Waals surface area contributed by atoms with Gasteiger partial charge in [-0.3, -0.25) is 0 Å². The number of thiazole rings is 1. The highest BCUT2D eigenvalue weighted by Crippen LogP contribution is 2.29. The Morgan fingerprint density at radius 1 is 1.04 bits per heavy atom. The van der Waals surface area contributed by atoms with Crippen LogP contribution in [0.15, 0.2) is 64.3 Å². The van der Waals surface area contributed by atoms with Crippen molar-refractivity contribution < 1.29 is 13.2 Å². The summed E-state index contributed by atoms with van der Waals surface area (Å²) in [5.74, 6) is 1.07. The first-order valence-corrected chi connectivity index (χ1v) is 9.53. The van der Waals surface area contributed by atoms with Crippen molar-refractivity contribution in [2.45, 2.75) is 17.0 Å². The Kier molecular flexibility index (Phi) is 4.45. The van der Waals surface area contributed by atoms with E-state index in [0.29, 0.717) is 22.8 Å². The predicted molar refractivity (Wildman–Crippen MR) is 90.7 cm³/mol. The summed E-state index contributed by atoms with van der Waals surface area (Å²) in [5, 5.41) is 1.74. The molecule has 1 heterocycles. The number of hydrogen-bond acceptors (Lipinski definition) is 5. The van der Waals surface area contributed by atoms with E-state index < -0.39 is 9.84 Å². The number of hydrogen-bond donors (Lipinski definition) is 0. The zero-order chi connectivity index (χ0) is 16.3. The lowest BCUT2D eigenvalue weighted by Crippen LogP contribution is -2.06. The second kappa shape index (κ2) is 6.52. The molecule has 0 saturated carbocycles. The van der Waals surface area contributed by atoms with Gasteiger partial charge in [-0.15, -0.1) is 11.3 Å². The Hall–Kier alpha value is -2.18. The maximum atomic E-state index is 12.5. The van der Waals surface area contributed by atoms with Crippen molar-refractivity contribution in [3.8, 4) is 11.5 Å². The zero-order valence-electron chi connectivity index (χ0n) is 12.5. The highest BCUT2D eigenvalue weighted by atomic mass is 32.2. The lowest BCUT2D eigenvalue weighted by Gasteiger charge is -2.10. The van der Waals surface area contributed by atoms with E-state index in [4.69, 9.17) is 4.74 Å². The van der Waals surface area contributed by atoms with Crippen molar-refractivity contribution in [3.63, 3.8) is 0 Å². The monoisotopic (exact) mass is 345 g/mol. The second-order valence-electron chi connectivity index (χ2n) is 5.04. The molecule has 0 radical (unpaired) electrons. The molecule has 0 N–H and O–H groups in total. The third-order valence-electron chi connectivity index (χ3n) is 3.15. The fourth-order valence-electron chi connectivity index (χ4n) is 2.08. The molecule has 0 fully saturated rings. The van der Waals surface area contributed by atoms with Crippen molar-refractivity contribution in [2.24, 2.45) is 0 Å². The molecule has 0 bridgehead atoms. The number of aryl methyl sites for hydroxylation is 1. The Morgan fingerprint density at radius 3 is 2.43 bits per heavy atom. The summed E-state index contributed by atoms with van der Waals surface area (Å²) in [5.41, 5.74) is 1.33. The van der Waals surface area contributed by atoms with Crippen LogP contribution in [0.2, 0.25) is 0 Å². The lowest BCUT2D eigenvalue weighted by atomic mass is 10.2. The molecule has 0 aliphatic rings. The topological polar surface area (TPSA) is 56.3 Å². The van der Waals surface area contributed by atoms with E-state index in [0.717, 1.165) is 11.3 Å². The highest BCUT2D eigenvalue weighted by Gasteiger charge is 2.21. The molecule has 118 valence electrons. The van der Waals surface area contributed by atoms with E-state index >= 15 is 0 Å². The van der Waals surface area contributed by atoms with Gasteiger partial charge in [0.2, 0.25) is 14.2 Å². The van der Waals surface area contributed by atoms with Crippen molar-refractivity contribution in [2.75, 3.05) is 0 Å². The van der Waals surface area contributed by atoms with Crippen molar-refractivity contribution in [1.29, 1.82) is 0 Å². The van der Waals surface area contributed by atoms with Gasteiger partial charge >= 0.3 is 0 Å². The first kappa shape index (κ1) is 15.7. The third kappa shape index (κ3) is 3.78. The number of rotatable bonds is 5. The quantitative estimate of drug-likeness (QED) is 0.695. The van der Waals surface area contributed by atoms with Gasteiger partial charge in [0.15, 0.2) is 0 Å². The molecule has 0 amide bonds. The summed E-state index contributed by atoms with van der Waals surface area (Å²) in [6.07, 6.45) is 0. The Balaban J connectivity index is 1.89. The smallest absolute Gasteiger partial charge is 0.209 e. The molecule has 0 spiro atoms. The third-order valence-corrected chi connectivity index (χ3v) is 6.27. The van der Waals surface area contributed by atoms with E-state index in [1.807, 2.05) is 36.4 Å². The van der Waals surface area contributed by atoms with Crippen LogP contribution in [-0.4, -0.2) is 13.4 Å². The van der Waals surface area contributed by atoms with Crippen LogP contribution in [0, 0.1) is 6.92 Å². The Bertz CT molecular complexity index is 902. The number of aromatic nitrogens is 1. The van der Waals surface area contributed by atoms with Crippen LogP contribution in [0.5, 0.6) is 11.5 Å². The fourth-order valence-corrected chi connectivity index (χ4v) is 4.56. The molecule has 1 aromatic heterocycles. The van der Waals surface area contributed by atoms with Gasteiger partial charge in [0, 0.05) is 16.6 Å². The SMILES string of the molecule is Cc1csc(S(=O)(=O)Cc2ccccc2Oc2ccccc2)n1. The van der Waals surface area contributed by atoms with Gasteiger partial charge in [-0.25, -0.2) is 13.4 Å². The van der Waals surface area contributed by atoms with E-state index in [1.54, 1.807) is 30.5 Å². The first-order valence-electron chi connectivity index (χ1n) is 7.00. The van der Waals surface area contributed by atoms with Crippen LogP contribution in [0.4, 0.5) is 0 Å². The molecule has 0 saturated heterocycles. The fraction of sp³-hybridized carbons (Fsp3) is 0.118. The van der Waals surface area contributed by atoms with Gasteiger partial charge in [0.25, 0.3) is 0 Å². The molecule has 0 unspecified atom stereocenters. The molecule has 0 aliphatic carbocycles. The molecule has 4 nitrogen and oxygen atoms in total. The normalized spacial score (nSPS) is 11.3. The standard InChI is InChI=1S/C17H15NO3S2/c1-13-11-22-17(18-13)23(19,20)12-14-7-5-6-10-16(14)21-15-8-3-2-4-9-15/h2-11H,12H2,1H3. The zero-order valence-corrected chi connectivity index (χ0v) is 14.1. The number of benzene rings is 2. The van der Waals surface area contributed by atoms with E-state index in [9.17, 15) is 8.42 Å². The number of para-hydroxylation sites is 2. The first-order chi connectivity index (χ1) is 11.0. The molecule has 6 heteroatoms. The molecule has 3 rings (SSSR count). The molecule has 2 aromatic carbocycles. The highest BCUT2D eigenvalue weighted by molar-refractivity contribution is 7.92. The van der Waals surface area contributed by atoms with Crippen molar-refractivity contribution in [3.05, 3.63) is 71.2 Å². The minimum absolute atomic E-state index is 0.136. The van der Waals surface area contributed by atoms with Gasteiger partial charge in [0.1, 0.15) is 11.5 Å². The van der Waals surface area contributed by atoms with Crippen molar-refractivity contribution in [1.82, 2.24) is 4.98 Å². The Morgan fingerprint density at radius 2 is 1.74 bits per heavy atom. The van der Waals surface area contributed by atoms with Gasteiger partial charge in [-0.2, -0.15) is 0 Å². The predicted octanol–water partition coefficient (Wildman–Crippen LogP) is 4.22. The average Bonchev–Trinajstić information content (AvgIpc) is 2.98. The van der Waals surface area contributed by atoms with Crippen LogP contribution in [0.3, 0.4) is 0 Å². The number of ether oxygens (including phenoxy) is 1. The second-order valence-corrected chi connectivity index (χ2v) is 8.06. The summed E-state index contributed by atoms with van der Waals surface area (Å²) in [6, 6.07) is 16.4. The van der Waals surface area contributed by atoms with E-state index in [-0.39, 0.29) is 10.1 Å². The molecule has 0 atom stereocenters. The number of nitrogens with zero attached hydrogens (tertiary/aromatic N) is 1. The summed E-state index contributed by atoms with van der Waals surface area (Å²) in [4.78, 5) is 4.08. The van der Waals surface area contributed by atoms with Crippen LogP contribution in [-0.2, 0) is 15.6 Å². The summed E-state index contributed by atoms with van der Waals surface area (Å²) in [7, 11) is -3.48. The lowest BCUT2D eigenvalue weighted by molar-refractivity contribution is 0.477. The molecular formula is C17H15NO3S2. The van der Waals surface area contributed by atoms with Crippen LogP contribution >= 0.6 is 11.3 Å². The molecular weight excluding hydrogens is 330 g/mol. The van der Waals surface area contributed by atoms with Crippen LogP contribution in [0.25, 0.3) is 0 Å². The largest absolute Gasteiger partial charge is 0.457 e. The summed E-state index contributed by atoms with van der Waals surface area (Å²) >= 11 is 1.15.